The molecule has 0 unspecified atom stereocenters. The third-order valence-corrected chi connectivity index (χ3v) is 5.86. The van der Waals surface area contributed by atoms with Gasteiger partial charge < -0.3 is 5.32 Å². The quantitative estimate of drug-likeness (QED) is 0.814. The molecule has 1 aromatic carbocycles. The van der Waals surface area contributed by atoms with E-state index in [1.807, 2.05) is 33.8 Å². The van der Waals surface area contributed by atoms with E-state index in [2.05, 4.69) is 10.0 Å². The molecule has 1 fully saturated rings. The Morgan fingerprint density at radius 3 is 2.52 bits per heavy atom. The Labute approximate surface area is 128 Å². The van der Waals surface area contributed by atoms with Gasteiger partial charge in [0, 0.05) is 12.1 Å². The third kappa shape index (κ3) is 4.05. The van der Waals surface area contributed by atoms with Crippen molar-refractivity contribution in [2.45, 2.75) is 57.5 Å². The predicted molar refractivity (Wildman–Crippen MR) is 85.7 cm³/mol. The number of benzene rings is 1. The molecule has 0 heterocycles. The van der Waals surface area contributed by atoms with Crippen molar-refractivity contribution in [1.82, 2.24) is 10.0 Å². The molecule has 1 aromatic rings. The Kier molecular flexibility index (Phi) is 4.76. The summed E-state index contributed by atoms with van der Waals surface area (Å²) in [5.41, 5.74) is 1.77. The van der Waals surface area contributed by atoms with E-state index in [0.717, 1.165) is 30.5 Å². The van der Waals surface area contributed by atoms with E-state index < -0.39 is 10.0 Å². The zero-order valence-corrected chi connectivity index (χ0v) is 14.2. The smallest absolute Gasteiger partial charge is 0.241 e. The maximum Gasteiger partial charge on any atom is 0.241 e. The first-order chi connectivity index (χ1) is 9.76. The largest absolute Gasteiger partial charge is 0.313 e. The third-order valence-electron chi connectivity index (χ3n) is 4.19. The Balaban J connectivity index is 2.23. The molecule has 1 aliphatic rings. The fraction of sp³-hybridized carbons (Fsp3) is 0.625. The highest BCUT2D eigenvalue weighted by molar-refractivity contribution is 7.89. The number of hydrogen-bond acceptors (Lipinski definition) is 3. The standard InChI is InChI=1S/C16H26N2O2S/c1-5-17-11-13-10-15(9-6-12(13)2)21(19,20)18-16(3,4)14-7-8-14/h6,9-10,14,17-18H,5,7-8,11H2,1-4H3. The summed E-state index contributed by atoms with van der Waals surface area (Å²) in [4.78, 5) is 0.356. The first-order valence-electron chi connectivity index (χ1n) is 7.60. The van der Waals surface area contributed by atoms with Gasteiger partial charge in [0.2, 0.25) is 10.0 Å². The summed E-state index contributed by atoms with van der Waals surface area (Å²) in [5, 5.41) is 3.25. The van der Waals surface area contributed by atoms with Gasteiger partial charge in [0.25, 0.3) is 0 Å². The van der Waals surface area contributed by atoms with Gasteiger partial charge in [0.15, 0.2) is 0 Å². The average Bonchev–Trinajstić information content (AvgIpc) is 3.21. The van der Waals surface area contributed by atoms with Crippen LogP contribution in [0.2, 0.25) is 0 Å². The second-order valence-corrected chi connectivity index (χ2v) is 8.15. The van der Waals surface area contributed by atoms with E-state index in [1.165, 1.54) is 0 Å². The van der Waals surface area contributed by atoms with Gasteiger partial charge in [0.05, 0.1) is 4.90 Å². The molecule has 118 valence electrons. The van der Waals surface area contributed by atoms with Crippen LogP contribution in [-0.4, -0.2) is 20.5 Å². The van der Waals surface area contributed by atoms with Gasteiger partial charge in [-0.3, -0.25) is 0 Å². The van der Waals surface area contributed by atoms with Crippen molar-refractivity contribution in [2.75, 3.05) is 6.54 Å². The van der Waals surface area contributed by atoms with Crippen molar-refractivity contribution in [1.29, 1.82) is 0 Å². The number of rotatable bonds is 7. The van der Waals surface area contributed by atoms with E-state index in [0.29, 0.717) is 17.4 Å². The Morgan fingerprint density at radius 2 is 1.95 bits per heavy atom. The van der Waals surface area contributed by atoms with Crippen molar-refractivity contribution in [3.05, 3.63) is 29.3 Å². The summed E-state index contributed by atoms with van der Waals surface area (Å²) in [6.45, 7) is 9.53. The lowest BCUT2D eigenvalue weighted by molar-refractivity contribution is 0.400. The van der Waals surface area contributed by atoms with Crippen LogP contribution in [0.5, 0.6) is 0 Å². The summed E-state index contributed by atoms with van der Waals surface area (Å²) in [6, 6.07) is 5.35. The van der Waals surface area contributed by atoms with Crippen LogP contribution >= 0.6 is 0 Å². The SMILES string of the molecule is CCNCc1cc(S(=O)(=O)NC(C)(C)C2CC2)ccc1C. The lowest BCUT2D eigenvalue weighted by atomic mass is 10.0. The summed E-state index contributed by atoms with van der Waals surface area (Å²) >= 11 is 0. The highest BCUT2D eigenvalue weighted by Crippen LogP contribution is 2.39. The number of aryl methyl sites for hydroxylation is 1. The van der Waals surface area contributed by atoms with Crippen LogP contribution < -0.4 is 10.0 Å². The minimum atomic E-state index is -3.47. The molecule has 4 nitrogen and oxygen atoms in total. The van der Waals surface area contributed by atoms with Gasteiger partial charge in [-0.25, -0.2) is 13.1 Å². The number of nitrogens with one attached hydrogen (secondary N) is 2. The van der Waals surface area contributed by atoms with Gasteiger partial charge in [-0.05, 0) is 69.3 Å². The molecule has 1 saturated carbocycles. The Bertz CT molecular complexity index is 605. The minimum Gasteiger partial charge on any atom is -0.313 e. The maximum atomic E-state index is 12.6. The van der Waals surface area contributed by atoms with E-state index in [9.17, 15) is 8.42 Å². The molecular weight excluding hydrogens is 284 g/mol. The summed E-state index contributed by atoms with van der Waals surface area (Å²) in [6.07, 6.45) is 2.21. The molecular formula is C16H26N2O2S. The van der Waals surface area contributed by atoms with Gasteiger partial charge in [-0.15, -0.1) is 0 Å². The van der Waals surface area contributed by atoms with Crippen molar-refractivity contribution >= 4 is 10.0 Å². The molecule has 5 heteroatoms. The first kappa shape index (κ1) is 16.5. The van der Waals surface area contributed by atoms with Gasteiger partial charge >= 0.3 is 0 Å². The second kappa shape index (κ2) is 6.07. The van der Waals surface area contributed by atoms with E-state index in [4.69, 9.17) is 0 Å². The molecule has 1 aliphatic carbocycles. The Morgan fingerprint density at radius 1 is 1.29 bits per heavy atom. The van der Waals surface area contributed by atoms with Gasteiger partial charge in [-0.1, -0.05) is 13.0 Å². The van der Waals surface area contributed by atoms with Crippen molar-refractivity contribution in [2.24, 2.45) is 5.92 Å². The zero-order chi connectivity index (χ0) is 15.7. The number of sulfonamides is 1. The summed E-state index contributed by atoms with van der Waals surface area (Å²) < 4.78 is 28.0. The van der Waals surface area contributed by atoms with Crippen LogP contribution in [0.3, 0.4) is 0 Å². The molecule has 0 radical (unpaired) electrons. The molecule has 2 N–H and O–H groups in total. The highest BCUT2D eigenvalue weighted by Gasteiger charge is 2.40. The van der Waals surface area contributed by atoms with Crippen LogP contribution in [0.25, 0.3) is 0 Å². The molecule has 0 spiro atoms. The van der Waals surface area contributed by atoms with Crippen LogP contribution in [0, 0.1) is 12.8 Å². The highest BCUT2D eigenvalue weighted by atomic mass is 32.2. The molecule has 0 saturated heterocycles. The fourth-order valence-corrected chi connectivity index (χ4v) is 4.08. The summed E-state index contributed by atoms with van der Waals surface area (Å²) in [5.74, 6) is 0.457. The molecule has 0 aliphatic heterocycles. The molecule has 0 atom stereocenters. The molecule has 0 aromatic heterocycles. The monoisotopic (exact) mass is 310 g/mol. The van der Waals surface area contributed by atoms with E-state index in [-0.39, 0.29) is 5.54 Å². The van der Waals surface area contributed by atoms with Gasteiger partial charge in [-0.2, -0.15) is 0 Å². The second-order valence-electron chi connectivity index (χ2n) is 6.47. The summed E-state index contributed by atoms with van der Waals surface area (Å²) in [7, 11) is -3.47. The van der Waals surface area contributed by atoms with Crippen LogP contribution in [0.1, 0.15) is 44.7 Å². The van der Waals surface area contributed by atoms with Crippen LogP contribution in [-0.2, 0) is 16.6 Å². The Hall–Kier alpha value is -0.910. The van der Waals surface area contributed by atoms with Crippen molar-refractivity contribution in [3.63, 3.8) is 0 Å². The maximum absolute atomic E-state index is 12.6. The molecule has 2 rings (SSSR count). The van der Waals surface area contributed by atoms with E-state index in [1.54, 1.807) is 12.1 Å². The normalized spacial score (nSPS) is 16.2. The van der Waals surface area contributed by atoms with Crippen LogP contribution in [0.4, 0.5) is 0 Å². The zero-order valence-electron chi connectivity index (χ0n) is 13.4. The predicted octanol–water partition coefficient (Wildman–Crippen LogP) is 2.57. The minimum absolute atomic E-state index is 0.356. The van der Waals surface area contributed by atoms with Crippen molar-refractivity contribution < 1.29 is 8.42 Å². The topological polar surface area (TPSA) is 58.2 Å². The molecule has 0 bridgehead atoms. The van der Waals surface area contributed by atoms with Gasteiger partial charge in [0.1, 0.15) is 0 Å². The molecule has 21 heavy (non-hydrogen) atoms. The lowest BCUT2D eigenvalue weighted by Gasteiger charge is -2.26. The fourth-order valence-electron chi connectivity index (χ4n) is 2.56. The molecule has 0 amide bonds. The average molecular weight is 310 g/mol. The lowest BCUT2D eigenvalue weighted by Crippen LogP contribution is -2.45. The number of hydrogen-bond donors (Lipinski definition) is 2. The first-order valence-corrected chi connectivity index (χ1v) is 9.09. The van der Waals surface area contributed by atoms with Crippen molar-refractivity contribution in [3.8, 4) is 0 Å². The van der Waals surface area contributed by atoms with E-state index >= 15 is 0 Å². The van der Waals surface area contributed by atoms with Crippen LogP contribution in [0.15, 0.2) is 23.1 Å².